The van der Waals surface area contributed by atoms with Crippen molar-refractivity contribution >= 4 is 15.9 Å². The van der Waals surface area contributed by atoms with E-state index in [1.807, 2.05) is 0 Å². The molecule has 0 radical (unpaired) electrons. The van der Waals surface area contributed by atoms with Crippen LogP contribution >= 0.6 is 0 Å². The zero-order chi connectivity index (χ0) is 22.0. The van der Waals surface area contributed by atoms with E-state index in [0.717, 1.165) is 25.7 Å². The summed E-state index contributed by atoms with van der Waals surface area (Å²) >= 11 is 0. The summed E-state index contributed by atoms with van der Waals surface area (Å²) in [6.07, 6.45) is 9.34. The van der Waals surface area contributed by atoms with Gasteiger partial charge in [0.15, 0.2) is 11.5 Å². The molecule has 0 N–H and O–H groups in total. The maximum Gasteiger partial charge on any atom is 0.243 e. The Morgan fingerprint density at radius 1 is 0.903 bits per heavy atom. The second-order valence-electron chi connectivity index (χ2n) is 8.96. The van der Waals surface area contributed by atoms with Crippen LogP contribution in [0.4, 0.5) is 0 Å². The summed E-state index contributed by atoms with van der Waals surface area (Å²) in [6.45, 7) is 0.743. The highest BCUT2D eigenvalue weighted by Gasteiger charge is 2.41. The molecule has 2 aliphatic carbocycles. The molecule has 172 valence electrons. The molecule has 0 bridgehead atoms. The first-order valence-corrected chi connectivity index (χ1v) is 12.9. The lowest BCUT2D eigenvalue weighted by Crippen LogP contribution is -2.49. The second-order valence-corrected chi connectivity index (χ2v) is 10.9. The van der Waals surface area contributed by atoms with Crippen LogP contribution < -0.4 is 9.47 Å². The van der Waals surface area contributed by atoms with E-state index in [-0.39, 0.29) is 16.7 Å². The molecular weight excluding hydrogens is 416 g/mol. The molecule has 1 heterocycles. The lowest BCUT2D eigenvalue weighted by atomic mass is 9.91. The van der Waals surface area contributed by atoms with Crippen LogP contribution in [0.15, 0.2) is 23.1 Å². The maximum absolute atomic E-state index is 13.4. The number of hydrogen-bond donors (Lipinski definition) is 0. The van der Waals surface area contributed by atoms with Gasteiger partial charge in [-0.05, 0) is 50.7 Å². The number of ether oxygens (including phenoxy) is 2. The van der Waals surface area contributed by atoms with Gasteiger partial charge in [0, 0.05) is 37.2 Å². The average Bonchev–Trinajstić information content (AvgIpc) is 3.64. The van der Waals surface area contributed by atoms with Gasteiger partial charge in [-0.25, -0.2) is 8.42 Å². The summed E-state index contributed by atoms with van der Waals surface area (Å²) in [5.74, 6) is 1.08. The van der Waals surface area contributed by atoms with Crippen LogP contribution in [-0.4, -0.2) is 62.9 Å². The van der Waals surface area contributed by atoms with Crippen molar-refractivity contribution in [3.8, 4) is 11.5 Å². The molecule has 1 aromatic carbocycles. The number of carbonyl (C=O) groups is 1. The minimum absolute atomic E-state index is 0.0700. The summed E-state index contributed by atoms with van der Waals surface area (Å²) in [7, 11) is -0.631. The van der Waals surface area contributed by atoms with Gasteiger partial charge in [-0.2, -0.15) is 4.31 Å². The number of hydrogen-bond acceptors (Lipinski definition) is 5. The minimum Gasteiger partial charge on any atom is -0.493 e. The molecule has 0 aromatic heterocycles. The Morgan fingerprint density at radius 3 is 2.10 bits per heavy atom. The molecule has 1 aliphatic heterocycles. The standard InChI is InChI=1S/C23H34N2O5S/c1-29-21-11-10-20(16-22(21)30-2)31(27,28)24-14-12-17(13-15-24)23(26)25(19-8-9-19)18-6-4-3-5-7-18/h10-11,16-19H,3-9,12-15H2,1-2H3. The number of nitrogens with zero attached hydrogens (tertiary/aromatic N) is 2. The van der Waals surface area contributed by atoms with Crippen molar-refractivity contribution in [2.45, 2.75) is 74.8 Å². The van der Waals surface area contributed by atoms with Crippen LogP contribution in [0.25, 0.3) is 0 Å². The predicted molar refractivity (Wildman–Crippen MR) is 118 cm³/mol. The van der Waals surface area contributed by atoms with Crippen molar-refractivity contribution < 1.29 is 22.7 Å². The number of methoxy groups -OCH3 is 2. The second kappa shape index (κ2) is 9.36. The summed E-state index contributed by atoms with van der Waals surface area (Å²) in [4.78, 5) is 15.8. The van der Waals surface area contributed by atoms with Crippen molar-refractivity contribution in [1.82, 2.24) is 9.21 Å². The predicted octanol–water partition coefficient (Wildman–Crippen LogP) is 3.43. The van der Waals surface area contributed by atoms with Gasteiger partial charge in [0.2, 0.25) is 15.9 Å². The highest BCUT2D eigenvalue weighted by atomic mass is 32.2. The van der Waals surface area contributed by atoms with Crippen LogP contribution in [0.3, 0.4) is 0 Å². The zero-order valence-electron chi connectivity index (χ0n) is 18.6. The topological polar surface area (TPSA) is 76.2 Å². The van der Waals surface area contributed by atoms with Gasteiger partial charge < -0.3 is 14.4 Å². The van der Waals surface area contributed by atoms with E-state index >= 15 is 0 Å². The third-order valence-electron chi connectivity index (χ3n) is 6.96. The molecule has 3 fully saturated rings. The lowest BCUT2D eigenvalue weighted by Gasteiger charge is -2.39. The Bertz CT molecular complexity index is 885. The van der Waals surface area contributed by atoms with Crippen LogP contribution in [-0.2, 0) is 14.8 Å². The molecule has 3 aliphatic rings. The van der Waals surface area contributed by atoms with Crippen LogP contribution in [0.1, 0.15) is 57.8 Å². The summed E-state index contributed by atoms with van der Waals surface area (Å²) in [6, 6.07) is 5.47. The van der Waals surface area contributed by atoms with E-state index in [9.17, 15) is 13.2 Å². The van der Waals surface area contributed by atoms with E-state index in [1.165, 1.54) is 43.9 Å². The quantitative estimate of drug-likeness (QED) is 0.636. The van der Waals surface area contributed by atoms with Gasteiger partial charge in [0.05, 0.1) is 19.1 Å². The fourth-order valence-electron chi connectivity index (χ4n) is 5.05. The highest BCUT2D eigenvalue weighted by Crippen LogP contribution is 2.37. The smallest absolute Gasteiger partial charge is 0.243 e. The molecule has 1 saturated heterocycles. The molecule has 8 heteroatoms. The van der Waals surface area contributed by atoms with Crippen molar-refractivity contribution in [3.05, 3.63) is 18.2 Å². The van der Waals surface area contributed by atoms with Gasteiger partial charge in [-0.3, -0.25) is 4.79 Å². The SMILES string of the molecule is COc1ccc(S(=O)(=O)N2CCC(C(=O)N(C3CCCCC3)C3CC3)CC2)cc1OC. The Labute approximate surface area is 185 Å². The fourth-order valence-corrected chi connectivity index (χ4v) is 6.54. The first-order valence-electron chi connectivity index (χ1n) is 11.5. The van der Waals surface area contributed by atoms with Gasteiger partial charge in [0.1, 0.15) is 0 Å². The van der Waals surface area contributed by atoms with Crippen LogP contribution in [0.5, 0.6) is 11.5 Å². The number of carbonyl (C=O) groups excluding carboxylic acids is 1. The Hall–Kier alpha value is -1.80. The van der Waals surface area contributed by atoms with Gasteiger partial charge in [-0.15, -0.1) is 0 Å². The Kier molecular flexibility index (Phi) is 6.77. The maximum atomic E-state index is 13.4. The molecule has 0 atom stereocenters. The highest BCUT2D eigenvalue weighted by molar-refractivity contribution is 7.89. The summed E-state index contributed by atoms with van der Waals surface area (Å²) < 4.78 is 38.3. The third-order valence-corrected chi connectivity index (χ3v) is 8.85. The van der Waals surface area contributed by atoms with Crippen molar-refractivity contribution in [2.75, 3.05) is 27.3 Å². The molecule has 7 nitrogen and oxygen atoms in total. The number of amides is 1. The van der Waals surface area contributed by atoms with Crippen molar-refractivity contribution in [3.63, 3.8) is 0 Å². The molecule has 1 amide bonds. The van der Waals surface area contributed by atoms with Crippen LogP contribution in [0, 0.1) is 5.92 Å². The van der Waals surface area contributed by atoms with E-state index in [0.29, 0.717) is 49.5 Å². The molecule has 31 heavy (non-hydrogen) atoms. The Morgan fingerprint density at radius 2 is 1.52 bits per heavy atom. The van der Waals surface area contributed by atoms with Crippen LogP contribution in [0.2, 0.25) is 0 Å². The molecule has 4 rings (SSSR count). The first-order chi connectivity index (χ1) is 15.0. The molecule has 0 spiro atoms. The number of sulfonamides is 1. The average molecular weight is 451 g/mol. The van der Waals surface area contributed by atoms with Gasteiger partial charge in [-0.1, -0.05) is 19.3 Å². The van der Waals surface area contributed by atoms with E-state index in [2.05, 4.69) is 4.90 Å². The van der Waals surface area contributed by atoms with E-state index in [1.54, 1.807) is 12.1 Å². The minimum atomic E-state index is -3.64. The first kappa shape index (κ1) is 22.4. The largest absolute Gasteiger partial charge is 0.493 e. The molecular formula is C23H34N2O5S. The third kappa shape index (κ3) is 4.70. The number of benzene rings is 1. The van der Waals surface area contributed by atoms with E-state index in [4.69, 9.17) is 9.47 Å². The fraction of sp³-hybridized carbons (Fsp3) is 0.696. The van der Waals surface area contributed by atoms with Gasteiger partial charge >= 0.3 is 0 Å². The number of rotatable bonds is 7. The van der Waals surface area contributed by atoms with E-state index < -0.39 is 10.0 Å². The zero-order valence-corrected chi connectivity index (χ0v) is 19.4. The summed E-state index contributed by atoms with van der Waals surface area (Å²) in [5.41, 5.74) is 0. The number of piperidine rings is 1. The van der Waals surface area contributed by atoms with Crippen molar-refractivity contribution in [1.29, 1.82) is 0 Å². The lowest BCUT2D eigenvalue weighted by molar-refractivity contribution is -0.140. The molecule has 2 saturated carbocycles. The summed E-state index contributed by atoms with van der Waals surface area (Å²) in [5, 5.41) is 0. The van der Waals surface area contributed by atoms with Crippen molar-refractivity contribution in [2.24, 2.45) is 5.92 Å². The van der Waals surface area contributed by atoms with Gasteiger partial charge in [0.25, 0.3) is 0 Å². The Balaban J connectivity index is 1.42. The molecule has 0 unspecified atom stereocenters. The monoisotopic (exact) mass is 450 g/mol. The molecule has 1 aromatic rings. The normalized spacial score (nSPS) is 21.6.